The van der Waals surface area contributed by atoms with Gasteiger partial charge in [0.25, 0.3) is 0 Å². The maximum atomic E-state index is 11.9. The summed E-state index contributed by atoms with van der Waals surface area (Å²) in [6.45, 7) is 3.75. The summed E-state index contributed by atoms with van der Waals surface area (Å²) >= 11 is 3.25. The van der Waals surface area contributed by atoms with Gasteiger partial charge >= 0.3 is 0 Å². The van der Waals surface area contributed by atoms with Crippen LogP contribution >= 0.6 is 15.9 Å². The quantitative estimate of drug-likeness (QED) is 0.857. The first-order valence-corrected chi connectivity index (χ1v) is 7.31. The van der Waals surface area contributed by atoms with E-state index in [0.29, 0.717) is 5.82 Å². The predicted octanol–water partition coefficient (Wildman–Crippen LogP) is 2.27. The van der Waals surface area contributed by atoms with Crippen molar-refractivity contribution in [2.24, 2.45) is 5.92 Å². The number of nitrogens with zero attached hydrogens (tertiary/aromatic N) is 2. The number of anilines is 1. The van der Waals surface area contributed by atoms with Crippen molar-refractivity contribution < 1.29 is 8.42 Å². The van der Waals surface area contributed by atoms with Crippen molar-refractivity contribution in [1.82, 2.24) is 4.98 Å². The highest BCUT2D eigenvalue weighted by molar-refractivity contribution is 9.10. The largest absolute Gasteiger partial charge is 0.257 e. The molecule has 0 N–H and O–H groups in total. The number of rotatable bonds is 4. The first kappa shape index (κ1) is 13.4. The van der Waals surface area contributed by atoms with Crippen LogP contribution in [-0.2, 0) is 10.0 Å². The van der Waals surface area contributed by atoms with Gasteiger partial charge in [-0.15, -0.1) is 0 Å². The minimum atomic E-state index is -3.27. The lowest BCUT2D eigenvalue weighted by Gasteiger charge is -2.19. The van der Waals surface area contributed by atoms with Gasteiger partial charge in [-0.25, -0.2) is 13.4 Å². The number of hydrogen-bond donors (Lipinski definition) is 0. The van der Waals surface area contributed by atoms with Crippen molar-refractivity contribution in [2.45, 2.75) is 13.8 Å². The standard InChI is InChI=1S/C10H15BrN2O2S/c1-8(2)7-16(14,15)13(3)10-5-4-9(11)6-12-10/h4-6,8H,7H2,1-3H3. The van der Waals surface area contributed by atoms with Crippen LogP contribution in [0, 0.1) is 5.92 Å². The molecule has 90 valence electrons. The molecule has 0 atom stereocenters. The number of sulfonamides is 1. The molecule has 0 unspecified atom stereocenters. The molecule has 0 bridgehead atoms. The lowest BCUT2D eigenvalue weighted by molar-refractivity contribution is 0.580. The molecule has 0 fully saturated rings. The summed E-state index contributed by atoms with van der Waals surface area (Å²) < 4.78 is 25.8. The molecule has 0 radical (unpaired) electrons. The molecule has 1 aromatic rings. The van der Waals surface area contributed by atoms with Crippen LogP contribution in [-0.4, -0.2) is 26.2 Å². The van der Waals surface area contributed by atoms with Crippen LogP contribution < -0.4 is 4.31 Å². The Hall–Kier alpha value is -0.620. The Labute approximate surface area is 105 Å². The molecule has 0 spiro atoms. The molecule has 0 amide bonds. The van der Waals surface area contributed by atoms with Crippen LogP contribution in [0.3, 0.4) is 0 Å². The topological polar surface area (TPSA) is 50.3 Å². The number of halogens is 1. The lowest BCUT2D eigenvalue weighted by Crippen LogP contribution is -2.31. The molecule has 0 saturated heterocycles. The Morgan fingerprint density at radius 2 is 2.06 bits per heavy atom. The monoisotopic (exact) mass is 306 g/mol. The van der Waals surface area contributed by atoms with E-state index in [1.807, 2.05) is 13.8 Å². The van der Waals surface area contributed by atoms with Crippen molar-refractivity contribution in [1.29, 1.82) is 0 Å². The first-order valence-electron chi connectivity index (χ1n) is 4.91. The summed E-state index contributed by atoms with van der Waals surface area (Å²) in [4.78, 5) is 4.05. The molecule has 1 aromatic heterocycles. The minimum Gasteiger partial charge on any atom is -0.257 e. The van der Waals surface area contributed by atoms with Gasteiger partial charge in [0.15, 0.2) is 0 Å². The molecule has 1 heterocycles. The van der Waals surface area contributed by atoms with Gasteiger partial charge in [0.1, 0.15) is 5.82 Å². The van der Waals surface area contributed by atoms with E-state index in [4.69, 9.17) is 0 Å². The molecular formula is C10H15BrN2O2S. The fourth-order valence-electron chi connectivity index (χ4n) is 1.23. The van der Waals surface area contributed by atoms with Gasteiger partial charge in [-0.3, -0.25) is 4.31 Å². The third-order valence-electron chi connectivity index (χ3n) is 2.00. The molecule has 1 rings (SSSR count). The maximum absolute atomic E-state index is 11.9. The average Bonchev–Trinajstić information content (AvgIpc) is 2.16. The van der Waals surface area contributed by atoms with Crippen LogP contribution in [0.25, 0.3) is 0 Å². The normalized spacial score (nSPS) is 11.8. The van der Waals surface area contributed by atoms with Gasteiger partial charge in [-0.05, 0) is 34.0 Å². The third-order valence-corrected chi connectivity index (χ3v) is 4.57. The molecule has 4 nitrogen and oxygen atoms in total. The smallest absolute Gasteiger partial charge is 0.236 e. The van der Waals surface area contributed by atoms with Crippen LogP contribution in [0.2, 0.25) is 0 Å². The van der Waals surface area contributed by atoms with Crippen molar-refractivity contribution in [2.75, 3.05) is 17.1 Å². The Bertz CT molecular complexity index is 442. The molecule has 0 aromatic carbocycles. The fourth-order valence-corrected chi connectivity index (χ4v) is 2.92. The molecule has 0 aliphatic carbocycles. The van der Waals surface area contributed by atoms with Gasteiger partial charge in [-0.1, -0.05) is 13.8 Å². The molecular weight excluding hydrogens is 292 g/mol. The second-order valence-corrected chi connectivity index (χ2v) is 6.94. The van der Waals surface area contributed by atoms with E-state index < -0.39 is 10.0 Å². The van der Waals surface area contributed by atoms with Gasteiger partial charge in [0.05, 0.1) is 5.75 Å². The molecule has 6 heteroatoms. The van der Waals surface area contributed by atoms with E-state index in [1.54, 1.807) is 18.3 Å². The Kier molecular flexibility index (Phi) is 4.32. The SMILES string of the molecule is CC(C)CS(=O)(=O)N(C)c1ccc(Br)cn1. The second kappa shape index (κ2) is 5.14. The highest BCUT2D eigenvalue weighted by atomic mass is 79.9. The summed E-state index contributed by atoms with van der Waals surface area (Å²) in [5.41, 5.74) is 0. The zero-order valence-electron chi connectivity index (χ0n) is 9.51. The summed E-state index contributed by atoms with van der Waals surface area (Å²) in [6, 6.07) is 3.44. The first-order chi connectivity index (χ1) is 7.33. The molecule has 0 saturated carbocycles. The number of hydrogen-bond acceptors (Lipinski definition) is 3. The Morgan fingerprint density at radius 1 is 1.44 bits per heavy atom. The molecule has 0 aliphatic rings. The highest BCUT2D eigenvalue weighted by Crippen LogP contribution is 2.17. The summed E-state index contributed by atoms with van der Waals surface area (Å²) in [7, 11) is -1.75. The van der Waals surface area contributed by atoms with E-state index in [0.717, 1.165) is 4.47 Å². The van der Waals surface area contributed by atoms with Crippen molar-refractivity contribution in [3.8, 4) is 0 Å². The van der Waals surface area contributed by atoms with Crippen LogP contribution in [0.4, 0.5) is 5.82 Å². The number of pyridine rings is 1. The van der Waals surface area contributed by atoms with Crippen LogP contribution in [0.5, 0.6) is 0 Å². The minimum absolute atomic E-state index is 0.0999. The van der Waals surface area contributed by atoms with Crippen LogP contribution in [0.1, 0.15) is 13.8 Å². The lowest BCUT2D eigenvalue weighted by atomic mass is 10.3. The Balaban J connectivity index is 2.93. The third kappa shape index (κ3) is 3.45. The van der Waals surface area contributed by atoms with Crippen LogP contribution in [0.15, 0.2) is 22.8 Å². The van der Waals surface area contributed by atoms with Crippen molar-refractivity contribution in [3.63, 3.8) is 0 Å². The molecule has 16 heavy (non-hydrogen) atoms. The van der Waals surface area contributed by atoms with E-state index in [1.165, 1.54) is 11.4 Å². The van der Waals surface area contributed by atoms with Crippen molar-refractivity contribution in [3.05, 3.63) is 22.8 Å². The summed E-state index contributed by atoms with van der Waals surface area (Å²) in [5, 5.41) is 0. The molecule has 0 aliphatic heterocycles. The van der Waals surface area contributed by atoms with E-state index in [2.05, 4.69) is 20.9 Å². The van der Waals surface area contributed by atoms with E-state index >= 15 is 0 Å². The zero-order valence-corrected chi connectivity index (χ0v) is 11.9. The fraction of sp³-hybridized carbons (Fsp3) is 0.500. The van der Waals surface area contributed by atoms with Gasteiger partial charge in [-0.2, -0.15) is 0 Å². The highest BCUT2D eigenvalue weighted by Gasteiger charge is 2.20. The van der Waals surface area contributed by atoms with Gasteiger partial charge in [0, 0.05) is 17.7 Å². The second-order valence-electron chi connectivity index (χ2n) is 3.97. The van der Waals surface area contributed by atoms with E-state index in [9.17, 15) is 8.42 Å². The van der Waals surface area contributed by atoms with Crippen molar-refractivity contribution >= 4 is 31.8 Å². The predicted molar refractivity (Wildman–Crippen MR) is 69.0 cm³/mol. The maximum Gasteiger partial charge on any atom is 0.236 e. The zero-order chi connectivity index (χ0) is 12.3. The Morgan fingerprint density at radius 3 is 2.50 bits per heavy atom. The average molecular weight is 307 g/mol. The summed E-state index contributed by atoms with van der Waals surface area (Å²) in [6.07, 6.45) is 1.58. The number of aromatic nitrogens is 1. The van der Waals surface area contributed by atoms with Gasteiger partial charge in [0.2, 0.25) is 10.0 Å². The summed E-state index contributed by atoms with van der Waals surface area (Å²) in [5.74, 6) is 0.660. The van der Waals surface area contributed by atoms with Gasteiger partial charge < -0.3 is 0 Å². The van der Waals surface area contributed by atoms with E-state index in [-0.39, 0.29) is 11.7 Å².